The summed E-state index contributed by atoms with van der Waals surface area (Å²) in [4.78, 5) is 10.6. The number of para-hydroxylation sites is 1. The molecule has 0 aliphatic carbocycles. The highest BCUT2D eigenvalue weighted by Gasteiger charge is 2.21. The third-order valence-electron chi connectivity index (χ3n) is 1.95. The largest absolute Gasteiger partial charge is 0.505 e. The minimum Gasteiger partial charge on any atom is -0.505 e. The van der Waals surface area contributed by atoms with Crippen LogP contribution in [0.2, 0.25) is 5.02 Å². The van der Waals surface area contributed by atoms with Gasteiger partial charge in [0.1, 0.15) is 11.4 Å². The molecular formula is C10H12ClNO5S. The smallest absolute Gasteiger partial charge is 0.321 e. The molecule has 0 radical (unpaired) electrons. The molecule has 8 heteroatoms. The molecular weight excluding hydrogens is 282 g/mol. The molecule has 1 aromatic carbocycles. The average molecular weight is 294 g/mol. The van der Waals surface area contributed by atoms with Crippen LogP contribution in [0.4, 0.5) is 0 Å². The van der Waals surface area contributed by atoms with E-state index in [2.05, 4.69) is 4.74 Å². The number of nitrogens with one attached hydrogen (secondary N) is 1. The lowest BCUT2D eigenvalue weighted by Gasteiger charge is -2.08. The van der Waals surface area contributed by atoms with Crippen molar-refractivity contribution < 1.29 is 23.1 Å². The average Bonchev–Trinajstić information content (AvgIpc) is 2.30. The number of hydrogen-bond acceptors (Lipinski definition) is 5. The minimum absolute atomic E-state index is 0.0889. The number of esters is 1. The van der Waals surface area contributed by atoms with Gasteiger partial charge in [0.05, 0.1) is 11.6 Å². The van der Waals surface area contributed by atoms with Crippen molar-refractivity contribution in [1.29, 1.82) is 0 Å². The molecule has 18 heavy (non-hydrogen) atoms. The van der Waals surface area contributed by atoms with Gasteiger partial charge in [0.15, 0.2) is 5.75 Å². The van der Waals surface area contributed by atoms with Crippen molar-refractivity contribution in [2.45, 2.75) is 11.8 Å². The number of carbonyl (C=O) groups excluding carboxylic acids is 1. The maximum absolute atomic E-state index is 11.8. The Morgan fingerprint density at radius 2 is 2.17 bits per heavy atom. The lowest BCUT2D eigenvalue weighted by molar-refractivity contribution is -0.141. The van der Waals surface area contributed by atoms with E-state index < -0.39 is 28.3 Å². The predicted octanol–water partition coefficient (Wildman–Crippen LogP) is 0.887. The summed E-state index contributed by atoms with van der Waals surface area (Å²) in [5.74, 6) is -1.27. The molecule has 100 valence electrons. The fourth-order valence-corrected chi connectivity index (χ4v) is 2.47. The molecule has 0 fully saturated rings. The zero-order valence-electron chi connectivity index (χ0n) is 9.51. The molecule has 0 aromatic heterocycles. The van der Waals surface area contributed by atoms with Gasteiger partial charge in [-0.05, 0) is 19.1 Å². The molecule has 0 bridgehead atoms. The van der Waals surface area contributed by atoms with E-state index in [9.17, 15) is 18.3 Å². The van der Waals surface area contributed by atoms with E-state index in [0.29, 0.717) is 0 Å². The number of phenols is 1. The van der Waals surface area contributed by atoms with Gasteiger partial charge in [-0.3, -0.25) is 4.79 Å². The van der Waals surface area contributed by atoms with Gasteiger partial charge in [-0.25, -0.2) is 8.42 Å². The zero-order chi connectivity index (χ0) is 13.8. The molecule has 0 atom stereocenters. The van der Waals surface area contributed by atoms with Crippen LogP contribution in [0.5, 0.6) is 5.75 Å². The van der Waals surface area contributed by atoms with Crippen molar-refractivity contribution >= 4 is 27.6 Å². The van der Waals surface area contributed by atoms with Crippen LogP contribution in [-0.2, 0) is 19.6 Å². The van der Waals surface area contributed by atoms with Crippen LogP contribution in [0.1, 0.15) is 6.92 Å². The summed E-state index contributed by atoms with van der Waals surface area (Å²) < 4.78 is 30.1. The van der Waals surface area contributed by atoms with Gasteiger partial charge in [-0.15, -0.1) is 0 Å². The number of carbonyl (C=O) groups is 1. The summed E-state index contributed by atoms with van der Waals surface area (Å²) >= 11 is 5.60. The maximum Gasteiger partial charge on any atom is 0.321 e. The van der Waals surface area contributed by atoms with E-state index in [-0.39, 0.29) is 16.5 Å². The van der Waals surface area contributed by atoms with Crippen LogP contribution in [0.3, 0.4) is 0 Å². The number of halogens is 1. The van der Waals surface area contributed by atoms with E-state index in [1.54, 1.807) is 6.92 Å². The molecule has 0 aliphatic heterocycles. The van der Waals surface area contributed by atoms with Gasteiger partial charge in [0.2, 0.25) is 10.0 Å². The Labute approximate surface area is 110 Å². The quantitative estimate of drug-likeness (QED) is 0.786. The highest BCUT2D eigenvalue weighted by molar-refractivity contribution is 7.89. The summed E-state index contributed by atoms with van der Waals surface area (Å²) in [6.07, 6.45) is 0. The molecule has 1 rings (SSSR count). The van der Waals surface area contributed by atoms with Crippen LogP contribution >= 0.6 is 11.6 Å². The van der Waals surface area contributed by atoms with Gasteiger partial charge >= 0.3 is 5.97 Å². The lowest BCUT2D eigenvalue weighted by Crippen LogP contribution is -2.30. The molecule has 6 nitrogen and oxygen atoms in total. The molecule has 0 unspecified atom stereocenters. The van der Waals surface area contributed by atoms with E-state index >= 15 is 0 Å². The second-order valence-corrected chi connectivity index (χ2v) is 5.36. The maximum atomic E-state index is 11.8. The zero-order valence-corrected chi connectivity index (χ0v) is 11.1. The van der Waals surface area contributed by atoms with Crippen molar-refractivity contribution in [3.05, 3.63) is 23.2 Å². The van der Waals surface area contributed by atoms with Gasteiger partial charge in [0, 0.05) is 0 Å². The number of rotatable bonds is 5. The molecule has 2 N–H and O–H groups in total. The minimum atomic E-state index is -4.01. The van der Waals surface area contributed by atoms with Crippen molar-refractivity contribution in [3.8, 4) is 5.75 Å². The standard InChI is InChI=1S/C10H12ClNO5S/c1-2-17-9(13)6-12-18(15,16)8-5-3-4-7(11)10(8)14/h3-5,12,14H,2,6H2,1H3. The second-order valence-electron chi connectivity index (χ2n) is 3.22. The van der Waals surface area contributed by atoms with Crippen LogP contribution in [-0.4, -0.2) is 32.6 Å². The van der Waals surface area contributed by atoms with E-state index in [4.69, 9.17) is 11.6 Å². The van der Waals surface area contributed by atoms with E-state index in [0.717, 1.165) is 0 Å². The Balaban J connectivity index is 2.87. The SMILES string of the molecule is CCOC(=O)CNS(=O)(=O)c1cccc(Cl)c1O. The van der Waals surface area contributed by atoms with Crippen LogP contribution in [0, 0.1) is 0 Å². The molecule has 0 saturated carbocycles. The van der Waals surface area contributed by atoms with E-state index in [1.165, 1.54) is 18.2 Å². The molecule has 0 aliphatic rings. The Morgan fingerprint density at radius 1 is 1.50 bits per heavy atom. The monoisotopic (exact) mass is 293 g/mol. The summed E-state index contributed by atoms with van der Waals surface area (Å²) in [6.45, 7) is 1.25. The van der Waals surface area contributed by atoms with E-state index in [1.807, 2.05) is 4.72 Å². The van der Waals surface area contributed by atoms with Crippen LogP contribution in [0.15, 0.2) is 23.1 Å². The topological polar surface area (TPSA) is 92.7 Å². The summed E-state index contributed by atoms with van der Waals surface area (Å²) in [7, 11) is -4.01. The highest BCUT2D eigenvalue weighted by atomic mass is 35.5. The second kappa shape index (κ2) is 6.03. The van der Waals surface area contributed by atoms with Crippen LogP contribution < -0.4 is 4.72 Å². The van der Waals surface area contributed by atoms with Gasteiger partial charge in [-0.1, -0.05) is 17.7 Å². The first-order chi connectivity index (χ1) is 8.38. The summed E-state index contributed by atoms with van der Waals surface area (Å²) in [5, 5.41) is 9.45. The fourth-order valence-electron chi connectivity index (χ4n) is 1.16. The number of benzene rings is 1. The fraction of sp³-hybridized carbons (Fsp3) is 0.300. The Bertz CT molecular complexity index is 543. The summed E-state index contributed by atoms with van der Waals surface area (Å²) in [5.41, 5.74) is 0. The molecule has 0 spiro atoms. The van der Waals surface area contributed by atoms with Crippen LogP contribution in [0.25, 0.3) is 0 Å². The Hall–Kier alpha value is -1.31. The van der Waals surface area contributed by atoms with Gasteiger partial charge in [0.25, 0.3) is 0 Å². The lowest BCUT2D eigenvalue weighted by atomic mass is 10.3. The van der Waals surface area contributed by atoms with Gasteiger partial charge in [-0.2, -0.15) is 4.72 Å². The number of phenolic OH excluding ortho intramolecular Hbond substituents is 1. The first-order valence-electron chi connectivity index (χ1n) is 5.01. The van der Waals surface area contributed by atoms with Crippen molar-refractivity contribution in [2.75, 3.05) is 13.2 Å². The van der Waals surface area contributed by atoms with Crippen molar-refractivity contribution in [1.82, 2.24) is 4.72 Å². The molecule has 0 amide bonds. The molecule has 0 saturated heterocycles. The normalized spacial score (nSPS) is 11.2. The number of hydrogen-bond donors (Lipinski definition) is 2. The highest BCUT2D eigenvalue weighted by Crippen LogP contribution is 2.29. The van der Waals surface area contributed by atoms with Crippen molar-refractivity contribution in [2.24, 2.45) is 0 Å². The third kappa shape index (κ3) is 3.59. The number of ether oxygens (including phenoxy) is 1. The molecule has 1 aromatic rings. The number of aromatic hydroxyl groups is 1. The Morgan fingerprint density at radius 3 is 2.78 bits per heavy atom. The van der Waals surface area contributed by atoms with Gasteiger partial charge < -0.3 is 9.84 Å². The third-order valence-corrected chi connectivity index (χ3v) is 3.69. The number of sulfonamides is 1. The predicted molar refractivity (Wildman–Crippen MR) is 64.9 cm³/mol. The first-order valence-corrected chi connectivity index (χ1v) is 6.87. The summed E-state index contributed by atoms with van der Waals surface area (Å²) in [6, 6.07) is 3.90. The Kier molecular flexibility index (Phi) is 4.94. The molecule has 0 heterocycles. The van der Waals surface area contributed by atoms with Crippen molar-refractivity contribution in [3.63, 3.8) is 0 Å². The first kappa shape index (κ1) is 14.7.